The summed E-state index contributed by atoms with van der Waals surface area (Å²) in [5, 5.41) is 0. The van der Waals surface area contributed by atoms with Gasteiger partial charge in [-0.25, -0.2) is 0 Å². The van der Waals surface area contributed by atoms with Gasteiger partial charge in [0.2, 0.25) is 0 Å². The molecule has 0 unspecified atom stereocenters. The fourth-order valence-corrected chi connectivity index (χ4v) is 1.64. The Morgan fingerprint density at radius 2 is 2.29 bits per heavy atom. The molecule has 0 amide bonds. The second-order valence-electron chi connectivity index (χ2n) is 3.62. The summed E-state index contributed by atoms with van der Waals surface area (Å²) in [5.74, 6) is 0.310. The van der Waals surface area contributed by atoms with Crippen molar-refractivity contribution in [1.29, 1.82) is 0 Å². The van der Waals surface area contributed by atoms with Crippen LogP contribution in [-0.4, -0.2) is 16.3 Å². The first kappa shape index (κ1) is 8.94. The highest BCUT2D eigenvalue weighted by atomic mass is 16.1. The molecule has 72 valence electrons. The molecule has 0 aromatic carbocycles. The number of fused-ring (bicyclic) bond motifs is 1. The summed E-state index contributed by atoms with van der Waals surface area (Å²) in [5.41, 5.74) is 3.36. The lowest BCUT2D eigenvalue weighted by atomic mass is 10.1. The van der Waals surface area contributed by atoms with E-state index < -0.39 is 0 Å². The minimum absolute atomic E-state index is 0.310. The summed E-state index contributed by atoms with van der Waals surface area (Å²) in [6, 6.07) is 3.79. The maximum atomic E-state index is 10.9. The summed E-state index contributed by atoms with van der Waals surface area (Å²) in [6.07, 6.45) is 2.58. The Bertz CT molecular complexity index is 471. The molecule has 0 aliphatic carbocycles. The Hall–Kier alpha value is -1.64. The maximum absolute atomic E-state index is 10.9. The predicted molar refractivity (Wildman–Crippen MR) is 55.6 cm³/mol. The van der Waals surface area contributed by atoms with Crippen molar-refractivity contribution in [1.82, 2.24) is 9.97 Å². The van der Waals surface area contributed by atoms with Crippen molar-refractivity contribution in [2.75, 3.05) is 0 Å². The molecule has 0 aliphatic rings. The third kappa shape index (κ3) is 1.21. The lowest BCUT2D eigenvalue weighted by Crippen LogP contribution is -1.92. The van der Waals surface area contributed by atoms with E-state index in [4.69, 9.17) is 0 Å². The molecule has 0 atom stereocenters. The van der Waals surface area contributed by atoms with Crippen LogP contribution in [0, 0.1) is 0 Å². The molecule has 0 aliphatic heterocycles. The molecule has 3 heteroatoms. The molecule has 2 aromatic heterocycles. The number of hydrogen-bond acceptors (Lipinski definition) is 2. The van der Waals surface area contributed by atoms with Gasteiger partial charge in [0.05, 0.1) is 16.6 Å². The molecule has 14 heavy (non-hydrogen) atoms. The number of nitrogens with zero attached hydrogens (tertiary/aromatic N) is 1. The molecule has 0 saturated carbocycles. The van der Waals surface area contributed by atoms with Gasteiger partial charge in [-0.1, -0.05) is 13.8 Å². The number of H-pyrrole nitrogens is 1. The van der Waals surface area contributed by atoms with E-state index >= 15 is 0 Å². The van der Waals surface area contributed by atoms with E-state index in [1.165, 1.54) is 0 Å². The summed E-state index contributed by atoms with van der Waals surface area (Å²) in [7, 11) is 0. The van der Waals surface area contributed by atoms with Crippen LogP contribution in [0.3, 0.4) is 0 Å². The number of carbonyl (C=O) groups excluding carboxylic acids is 1. The summed E-state index contributed by atoms with van der Waals surface area (Å²) in [6.45, 7) is 4.11. The number of aromatic nitrogens is 2. The monoisotopic (exact) mass is 188 g/mol. The SMILES string of the molecule is CC(C)c1[nH]c2cccnc2c1C=O. The van der Waals surface area contributed by atoms with Gasteiger partial charge in [-0.05, 0) is 18.1 Å². The Morgan fingerprint density at radius 3 is 2.93 bits per heavy atom. The van der Waals surface area contributed by atoms with Gasteiger partial charge in [0.15, 0.2) is 6.29 Å². The van der Waals surface area contributed by atoms with Crippen molar-refractivity contribution in [2.24, 2.45) is 0 Å². The number of pyridine rings is 1. The van der Waals surface area contributed by atoms with Crippen LogP contribution >= 0.6 is 0 Å². The standard InChI is InChI=1S/C11H12N2O/c1-7(2)10-8(6-14)11-9(13-10)4-3-5-12-11/h3-7,13H,1-2H3. The van der Waals surface area contributed by atoms with Crippen LogP contribution in [0.2, 0.25) is 0 Å². The van der Waals surface area contributed by atoms with Crippen molar-refractivity contribution in [3.05, 3.63) is 29.6 Å². The first-order valence-corrected chi connectivity index (χ1v) is 4.65. The lowest BCUT2D eigenvalue weighted by Gasteiger charge is -2.01. The topological polar surface area (TPSA) is 45.8 Å². The van der Waals surface area contributed by atoms with Gasteiger partial charge in [0, 0.05) is 11.9 Å². The molecule has 0 radical (unpaired) electrons. The highest BCUT2D eigenvalue weighted by Gasteiger charge is 2.13. The normalized spacial score (nSPS) is 11.1. The number of aromatic amines is 1. The van der Waals surface area contributed by atoms with Gasteiger partial charge >= 0.3 is 0 Å². The van der Waals surface area contributed by atoms with E-state index in [2.05, 4.69) is 23.8 Å². The zero-order chi connectivity index (χ0) is 10.1. The van der Waals surface area contributed by atoms with Crippen LogP contribution in [0.25, 0.3) is 11.0 Å². The minimum Gasteiger partial charge on any atom is -0.356 e. The lowest BCUT2D eigenvalue weighted by molar-refractivity contribution is 0.112. The van der Waals surface area contributed by atoms with E-state index in [0.29, 0.717) is 11.5 Å². The van der Waals surface area contributed by atoms with Crippen molar-refractivity contribution >= 4 is 17.3 Å². The van der Waals surface area contributed by atoms with Gasteiger partial charge < -0.3 is 4.98 Å². The number of carbonyl (C=O) groups is 1. The molecule has 0 saturated heterocycles. The zero-order valence-corrected chi connectivity index (χ0v) is 8.24. The second-order valence-corrected chi connectivity index (χ2v) is 3.62. The quantitative estimate of drug-likeness (QED) is 0.736. The maximum Gasteiger partial charge on any atom is 0.154 e. The molecule has 3 nitrogen and oxygen atoms in total. The highest BCUT2D eigenvalue weighted by molar-refractivity contribution is 5.96. The van der Waals surface area contributed by atoms with Crippen LogP contribution in [0.5, 0.6) is 0 Å². The van der Waals surface area contributed by atoms with Gasteiger partial charge in [-0.2, -0.15) is 0 Å². The second kappa shape index (κ2) is 3.25. The average molecular weight is 188 g/mol. The van der Waals surface area contributed by atoms with Gasteiger partial charge in [-0.15, -0.1) is 0 Å². The number of hydrogen-bond donors (Lipinski definition) is 1. The van der Waals surface area contributed by atoms with Crippen LogP contribution in [-0.2, 0) is 0 Å². The molecular formula is C11H12N2O. The smallest absolute Gasteiger partial charge is 0.154 e. The molecule has 1 N–H and O–H groups in total. The van der Waals surface area contributed by atoms with E-state index in [1.807, 2.05) is 12.1 Å². The summed E-state index contributed by atoms with van der Waals surface area (Å²) in [4.78, 5) is 18.4. The van der Waals surface area contributed by atoms with E-state index in [-0.39, 0.29) is 0 Å². The third-order valence-corrected chi connectivity index (χ3v) is 2.32. The van der Waals surface area contributed by atoms with Crippen molar-refractivity contribution in [3.8, 4) is 0 Å². The van der Waals surface area contributed by atoms with E-state index in [9.17, 15) is 4.79 Å². The molecule has 0 spiro atoms. The first-order chi connectivity index (χ1) is 6.74. The Balaban J connectivity index is 2.78. The molecule has 2 aromatic rings. The molecule has 0 bridgehead atoms. The fourth-order valence-electron chi connectivity index (χ4n) is 1.64. The van der Waals surface area contributed by atoms with E-state index in [0.717, 1.165) is 23.0 Å². The molecule has 2 heterocycles. The number of rotatable bonds is 2. The number of aldehydes is 1. The summed E-state index contributed by atoms with van der Waals surface area (Å²) >= 11 is 0. The average Bonchev–Trinajstić information content (AvgIpc) is 2.56. The van der Waals surface area contributed by atoms with Gasteiger partial charge in [0.1, 0.15) is 0 Å². The minimum atomic E-state index is 0.310. The molecule has 2 rings (SSSR count). The first-order valence-electron chi connectivity index (χ1n) is 4.65. The van der Waals surface area contributed by atoms with Gasteiger partial charge in [0.25, 0.3) is 0 Å². The van der Waals surface area contributed by atoms with Crippen LogP contribution in [0.1, 0.15) is 35.8 Å². The predicted octanol–water partition coefficient (Wildman–Crippen LogP) is 2.50. The Kier molecular flexibility index (Phi) is 2.08. The van der Waals surface area contributed by atoms with Crippen LogP contribution in [0.15, 0.2) is 18.3 Å². The molecular weight excluding hydrogens is 176 g/mol. The fraction of sp³-hybridized carbons (Fsp3) is 0.273. The van der Waals surface area contributed by atoms with Crippen LogP contribution < -0.4 is 0 Å². The molecule has 0 fully saturated rings. The van der Waals surface area contributed by atoms with Gasteiger partial charge in [-0.3, -0.25) is 9.78 Å². The summed E-state index contributed by atoms with van der Waals surface area (Å²) < 4.78 is 0. The van der Waals surface area contributed by atoms with Crippen molar-refractivity contribution < 1.29 is 4.79 Å². The Labute approximate surface area is 82.2 Å². The van der Waals surface area contributed by atoms with Crippen molar-refractivity contribution in [2.45, 2.75) is 19.8 Å². The van der Waals surface area contributed by atoms with Crippen LogP contribution in [0.4, 0.5) is 0 Å². The van der Waals surface area contributed by atoms with E-state index in [1.54, 1.807) is 6.20 Å². The largest absolute Gasteiger partial charge is 0.356 e. The van der Waals surface area contributed by atoms with Crippen molar-refractivity contribution in [3.63, 3.8) is 0 Å². The Morgan fingerprint density at radius 1 is 1.50 bits per heavy atom. The zero-order valence-electron chi connectivity index (χ0n) is 8.24. The number of nitrogens with one attached hydrogen (secondary N) is 1. The highest BCUT2D eigenvalue weighted by Crippen LogP contribution is 2.24. The third-order valence-electron chi connectivity index (χ3n) is 2.32.